The third-order valence-corrected chi connectivity index (χ3v) is 2.88. The van der Waals surface area contributed by atoms with Crippen LogP contribution in [0.3, 0.4) is 0 Å². The molecule has 0 aliphatic rings. The number of hydrogen-bond donors (Lipinski definition) is 2. The molecule has 0 amide bonds. The maximum atomic E-state index is 9.15. The van der Waals surface area contributed by atoms with E-state index < -0.39 is 7.12 Å². The molecule has 2 rings (SSSR count). The molecule has 4 nitrogen and oxygen atoms in total. The van der Waals surface area contributed by atoms with Gasteiger partial charge in [-0.05, 0) is 29.7 Å². The van der Waals surface area contributed by atoms with Gasteiger partial charge in [-0.15, -0.1) is 0 Å². The zero-order chi connectivity index (χ0) is 13.7. The zero-order valence-electron chi connectivity index (χ0n) is 10.9. The maximum absolute atomic E-state index is 9.15. The van der Waals surface area contributed by atoms with Crippen molar-refractivity contribution in [1.29, 1.82) is 0 Å². The Hall–Kier alpha value is -1.69. The van der Waals surface area contributed by atoms with Gasteiger partial charge in [-0.1, -0.05) is 30.3 Å². The lowest BCUT2D eigenvalue weighted by atomic mass is 9.79. The Labute approximate surface area is 113 Å². The first-order valence-electron chi connectivity index (χ1n) is 6.17. The number of aromatic nitrogens is 1. The van der Waals surface area contributed by atoms with E-state index in [1.165, 1.54) is 0 Å². The van der Waals surface area contributed by atoms with E-state index in [4.69, 9.17) is 10.0 Å². The molecule has 1 aromatic heterocycles. The van der Waals surface area contributed by atoms with Gasteiger partial charge >= 0.3 is 7.12 Å². The molecular formula is C14H17BN2O2. The van der Waals surface area contributed by atoms with Crippen molar-refractivity contribution in [2.24, 2.45) is 0 Å². The molecule has 5 heteroatoms. The summed E-state index contributed by atoms with van der Waals surface area (Å²) in [5.74, 6) is 0. The second-order valence-corrected chi connectivity index (χ2v) is 4.65. The van der Waals surface area contributed by atoms with E-state index in [2.05, 4.69) is 9.88 Å². The molecule has 0 aliphatic heterocycles. The highest BCUT2D eigenvalue weighted by Crippen LogP contribution is 2.06. The first kappa shape index (κ1) is 13.7. The molecule has 2 N–H and O–H groups in total. The fourth-order valence-corrected chi connectivity index (χ4v) is 2.02. The van der Waals surface area contributed by atoms with Crippen LogP contribution < -0.4 is 5.46 Å². The third-order valence-electron chi connectivity index (χ3n) is 2.88. The minimum Gasteiger partial charge on any atom is -0.423 e. The number of benzene rings is 1. The van der Waals surface area contributed by atoms with Crippen LogP contribution in [0.1, 0.15) is 11.1 Å². The van der Waals surface area contributed by atoms with Crippen molar-refractivity contribution >= 4 is 12.6 Å². The van der Waals surface area contributed by atoms with Crippen LogP contribution in [0.2, 0.25) is 0 Å². The molecule has 0 unspecified atom stereocenters. The summed E-state index contributed by atoms with van der Waals surface area (Å²) >= 11 is 0. The standard InChI is InChI=1S/C14H17BN2O2/c1-17(11-13-5-3-7-16-9-13)10-12-4-2-6-14(8-12)15(18)19/h2-9,18-19H,10-11H2,1H3. The fourth-order valence-electron chi connectivity index (χ4n) is 2.02. The topological polar surface area (TPSA) is 56.6 Å². The summed E-state index contributed by atoms with van der Waals surface area (Å²) < 4.78 is 0. The molecule has 0 spiro atoms. The first-order chi connectivity index (χ1) is 9.15. The number of rotatable bonds is 5. The summed E-state index contributed by atoms with van der Waals surface area (Å²) in [4.78, 5) is 6.24. The molecule has 0 saturated carbocycles. The lowest BCUT2D eigenvalue weighted by Gasteiger charge is -2.17. The molecular weight excluding hydrogens is 239 g/mol. The van der Waals surface area contributed by atoms with Crippen LogP contribution in [-0.2, 0) is 13.1 Å². The maximum Gasteiger partial charge on any atom is 0.488 e. The average molecular weight is 256 g/mol. The van der Waals surface area contributed by atoms with Crippen molar-refractivity contribution in [3.63, 3.8) is 0 Å². The van der Waals surface area contributed by atoms with E-state index >= 15 is 0 Å². The normalized spacial score (nSPS) is 10.7. The van der Waals surface area contributed by atoms with Gasteiger partial charge in [0.2, 0.25) is 0 Å². The van der Waals surface area contributed by atoms with Gasteiger partial charge in [-0.25, -0.2) is 0 Å². The van der Waals surface area contributed by atoms with Gasteiger partial charge in [-0.2, -0.15) is 0 Å². The Morgan fingerprint density at radius 1 is 1.11 bits per heavy atom. The highest BCUT2D eigenvalue weighted by molar-refractivity contribution is 6.58. The fraction of sp³-hybridized carbons (Fsp3) is 0.214. The summed E-state index contributed by atoms with van der Waals surface area (Å²) in [5.41, 5.74) is 2.73. The predicted octanol–water partition coefficient (Wildman–Crippen LogP) is 0.393. The van der Waals surface area contributed by atoms with Gasteiger partial charge in [0.15, 0.2) is 0 Å². The minimum absolute atomic E-state index is 0.521. The molecule has 98 valence electrons. The summed E-state index contributed by atoms with van der Waals surface area (Å²) in [6, 6.07) is 11.3. The molecule has 0 saturated heterocycles. The Morgan fingerprint density at radius 2 is 1.84 bits per heavy atom. The van der Waals surface area contributed by atoms with Gasteiger partial charge < -0.3 is 10.0 Å². The van der Waals surface area contributed by atoms with Gasteiger partial charge in [-0.3, -0.25) is 9.88 Å². The molecule has 1 heterocycles. The predicted molar refractivity (Wildman–Crippen MR) is 75.7 cm³/mol. The Bertz CT molecular complexity index is 520. The lowest BCUT2D eigenvalue weighted by molar-refractivity contribution is 0.318. The summed E-state index contributed by atoms with van der Waals surface area (Å²) in [6.07, 6.45) is 3.61. The van der Waals surface area contributed by atoms with E-state index in [1.807, 2.05) is 43.6 Å². The van der Waals surface area contributed by atoms with Crippen molar-refractivity contribution in [3.05, 3.63) is 59.9 Å². The van der Waals surface area contributed by atoms with Crippen molar-refractivity contribution in [2.75, 3.05) is 7.05 Å². The molecule has 0 bridgehead atoms. The Morgan fingerprint density at radius 3 is 2.53 bits per heavy atom. The number of nitrogens with zero attached hydrogens (tertiary/aromatic N) is 2. The van der Waals surface area contributed by atoms with Crippen LogP contribution in [0, 0.1) is 0 Å². The second kappa shape index (κ2) is 6.47. The highest BCUT2D eigenvalue weighted by atomic mass is 16.4. The molecule has 2 aromatic rings. The van der Waals surface area contributed by atoms with Gasteiger partial charge in [0.05, 0.1) is 0 Å². The quantitative estimate of drug-likeness (QED) is 0.760. The summed E-state index contributed by atoms with van der Waals surface area (Å²) in [7, 11) is 0.610. The Balaban J connectivity index is 1.99. The SMILES string of the molecule is CN(Cc1cccnc1)Cc1cccc(B(O)O)c1. The number of hydrogen-bond acceptors (Lipinski definition) is 4. The lowest BCUT2D eigenvalue weighted by Crippen LogP contribution is -2.30. The largest absolute Gasteiger partial charge is 0.488 e. The number of pyridine rings is 1. The average Bonchev–Trinajstić information content (AvgIpc) is 2.40. The summed E-state index contributed by atoms with van der Waals surface area (Å²) in [6.45, 7) is 1.55. The van der Waals surface area contributed by atoms with E-state index in [-0.39, 0.29) is 0 Å². The van der Waals surface area contributed by atoms with Crippen LogP contribution in [0.25, 0.3) is 0 Å². The van der Waals surface area contributed by atoms with Crippen LogP contribution in [0.4, 0.5) is 0 Å². The molecule has 1 aromatic carbocycles. The van der Waals surface area contributed by atoms with Crippen molar-refractivity contribution < 1.29 is 10.0 Å². The molecule has 0 atom stereocenters. The molecule has 0 fully saturated rings. The summed E-state index contributed by atoms with van der Waals surface area (Å²) in [5, 5.41) is 18.3. The van der Waals surface area contributed by atoms with Crippen molar-refractivity contribution in [3.8, 4) is 0 Å². The van der Waals surface area contributed by atoms with E-state index in [0.29, 0.717) is 5.46 Å². The minimum atomic E-state index is -1.41. The molecule has 19 heavy (non-hydrogen) atoms. The van der Waals surface area contributed by atoms with Crippen LogP contribution in [0.15, 0.2) is 48.8 Å². The van der Waals surface area contributed by atoms with Crippen molar-refractivity contribution in [1.82, 2.24) is 9.88 Å². The van der Waals surface area contributed by atoms with Crippen LogP contribution >= 0.6 is 0 Å². The highest BCUT2D eigenvalue weighted by Gasteiger charge is 2.11. The first-order valence-corrected chi connectivity index (χ1v) is 6.17. The van der Waals surface area contributed by atoms with E-state index in [1.54, 1.807) is 12.3 Å². The molecule has 0 radical (unpaired) electrons. The third kappa shape index (κ3) is 4.17. The van der Waals surface area contributed by atoms with Crippen LogP contribution in [-0.4, -0.2) is 34.1 Å². The molecule has 0 aliphatic carbocycles. The van der Waals surface area contributed by atoms with E-state index in [9.17, 15) is 0 Å². The van der Waals surface area contributed by atoms with Crippen LogP contribution in [0.5, 0.6) is 0 Å². The smallest absolute Gasteiger partial charge is 0.423 e. The van der Waals surface area contributed by atoms with Gasteiger partial charge in [0.25, 0.3) is 0 Å². The Kier molecular flexibility index (Phi) is 4.68. The van der Waals surface area contributed by atoms with E-state index in [0.717, 1.165) is 24.2 Å². The second-order valence-electron chi connectivity index (χ2n) is 4.65. The van der Waals surface area contributed by atoms with Gasteiger partial charge in [0.1, 0.15) is 0 Å². The monoisotopic (exact) mass is 256 g/mol. The van der Waals surface area contributed by atoms with Crippen molar-refractivity contribution in [2.45, 2.75) is 13.1 Å². The zero-order valence-corrected chi connectivity index (χ0v) is 10.9. The van der Waals surface area contributed by atoms with Gasteiger partial charge in [0, 0.05) is 25.5 Å².